The van der Waals surface area contributed by atoms with Gasteiger partial charge >= 0.3 is 5.13 Å². The molecule has 0 aliphatic rings. The number of benzene rings is 2. The lowest BCUT2D eigenvalue weighted by Gasteiger charge is -2.23. The van der Waals surface area contributed by atoms with Crippen LogP contribution >= 0.6 is 11.3 Å². The smallest absolute Gasteiger partial charge is 0.367 e. The number of hydrogen-bond acceptors (Lipinski definition) is 6. The van der Waals surface area contributed by atoms with Crippen molar-refractivity contribution in [2.75, 3.05) is 17.2 Å². The van der Waals surface area contributed by atoms with Crippen molar-refractivity contribution in [1.29, 1.82) is 0 Å². The molecule has 0 aliphatic heterocycles. The zero-order chi connectivity index (χ0) is 23.0. The summed E-state index contributed by atoms with van der Waals surface area (Å²) in [5, 5.41) is 9.56. The van der Waals surface area contributed by atoms with Crippen molar-refractivity contribution in [3.8, 4) is 0 Å². The maximum Gasteiger partial charge on any atom is 0.408 e. The second kappa shape index (κ2) is 11.3. The SMILES string of the molecule is CCN(Cc1ccccc1)c1ccc(N=Nc2sc(C)c[n+]2CCCCS(=O)(=O)O)cc1. The topological polar surface area (TPSA) is 86.2 Å². The molecule has 9 heteroatoms. The lowest BCUT2D eigenvalue weighted by atomic mass is 10.2. The Labute approximate surface area is 193 Å². The third kappa shape index (κ3) is 7.51. The molecule has 170 valence electrons. The Morgan fingerprint density at radius 2 is 1.75 bits per heavy atom. The Morgan fingerprint density at radius 3 is 2.41 bits per heavy atom. The molecular formula is C23H29N4O3S2+. The van der Waals surface area contributed by atoms with Crippen LogP contribution in [0.2, 0.25) is 0 Å². The van der Waals surface area contributed by atoms with Gasteiger partial charge < -0.3 is 4.90 Å². The quantitative estimate of drug-likeness (QED) is 0.174. The van der Waals surface area contributed by atoms with E-state index in [1.807, 2.05) is 35.9 Å². The molecule has 3 aromatic rings. The number of aromatic nitrogens is 1. The average Bonchev–Trinajstić information content (AvgIpc) is 3.13. The van der Waals surface area contributed by atoms with Crippen molar-refractivity contribution >= 4 is 38.0 Å². The van der Waals surface area contributed by atoms with Crippen LogP contribution < -0.4 is 9.47 Å². The van der Waals surface area contributed by atoms with E-state index in [1.165, 1.54) is 16.9 Å². The summed E-state index contributed by atoms with van der Waals surface area (Å²) in [5.41, 5.74) is 3.18. The Bertz CT molecular complexity index is 1130. The maximum absolute atomic E-state index is 10.9. The second-order valence-corrected chi connectivity index (χ2v) is 10.3. The van der Waals surface area contributed by atoms with Gasteiger partial charge in [-0.05, 0) is 73.0 Å². The summed E-state index contributed by atoms with van der Waals surface area (Å²) in [6, 6.07) is 18.4. The van der Waals surface area contributed by atoms with Crippen molar-refractivity contribution in [1.82, 2.24) is 0 Å². The van der Waals surface area contributed by atoms with Crippen LogP contribution in [0.15, 0.2) is 71.0 Å². The molecule has 0 amide bonds. The minimum absolute atomic E-state index is 0.223. The molecule has 0 spiro atoms. The van der Waals surface area contributed by atoms with Crippen LogP contribution in [0.1, 0.15) is 30.2 Å². The molecule has 1 N–H and O–H groups in total. The van der Waals surface area contributed by atoms with Gasteiger partial charge in [0.1, 0.15) is 11.9 Å². The van der Waals surface area contributed by atoms with Crippen LogP contribution in [0.25, 0.3) is 0 Å². The molecule has 32 heavy (non-hydrogen) atoms. The summed E-state index contributed by atoms with van der Waals surface area (Å²) in [7, 11) is -3.91. The summed E-state index contributed by atoms with van der Waals surface area (Å²) in [4.78, 5) is 3.41. The third-order valence-electron chi connectivity index (χ3n) is 4.95. The summed E-state index contributed by atoms with van der Waals surface area (Å²) >= 11 is 1.54. The van der Waals surface area contributed by atoms with E-state index in [1.54, 1.807) is 0 Å². The molecule has 0 aliphatic carbocycles. The molecule has 7 nitrogen and oxygen atoms in total. The highest BCUT2D eigenvalue weighted by Gasteiger charge is 2.15. The largest absolute Gasteiger partial charge is 0.408 e. The van der Waals surface area contributed by atoms with Crippen molar-refractivity contribution < 1.29 is 17.5 Å². The molecule has 3 rings (SSSR count). The van der Waals surface area contributed by atoms with E-state index in [0.29, 0.717) is 19.4 Å². The molecule has 0 radical (unpaired) electrons. The van der Waals surface area contributed by atoms with Gasteiger partial charge in [-0.2, -0.15) is 8.42 Å². The fourth-order valence-electron chi connectivity index (χ4n) is 3.33. The van der Waals surface area contributed by atoms with Gasteiger partial charge in [-0.15, -0.1) is 0 Å². The number of anilines is 1. The number of aryl methyl sites for hydroxylation is 2. The predicted molar refractivity (Wildman–Crippen MR) is 129 cm³/mol. The number of azo groups is 1. The first-order valence-electron chi connectivity index (χ1n) is 10.6. The van der Waals surface area contributed by atoms with Crippen LogP contribution in [-0.2, 0) is 23.2 Å². The molecule has 0 unspecified atom stereocenters. The molecule has 0 saturated heterocycles. The third-order valence-corrected chi connectivity index (χ3v) is 6.68. The van der Waals surface area contributed by atoms with Gasteiger partial charge in [0.25, 0.3) is 10.1 Å². The van der Waals surface area contributed by atoms with Crippen LogP contribution in [0.5, 0.6) is 0 Å². The molecule has 0 saturated carbocycles. The van der Waals surface area contributed by atoms with Gasteiger partial charge in [0, 0.05) is 23.7 Å². The first kappa shape index (κ1) is 24.0. The molecule has 0 bridgehead atoms. The van der Waals surface area contributed by atoms with E-state index in [9.17, 15) is 8.42 Å². The van der Waals surface area contributed by atoms with Crippen LogP contribution in [0, 0.1) is 6.92 Å². The Kier molecular flexibility index (Phi) is 8.49. The number of thiazole rings is 1. The Hall–Kier alpha value is -2.62. The molecule has 2 aromatic carbocycles. The number of rotatable bonds is 11. The lowest BCUT2D eigenvalue weighted by Crippen LogP contribution is -2.31. The van der Waals surface area contributed by atoms with Crippen molar-refractivity contribution in [2.24, 2.45) is 10.2 Å². The maximum atomic E-state index is 10.9. The standard InChI is InChI=1S/C23H28N4O3S2/c1-3-26(18-20-9-5-4-6-10-20)22-13-11-21(12-14-22)24-25-23-27(17-19(2)31-23)15-7-8-16-32(28,29)30/h4-6,9-14,17H,3,7-8,15-16,18H2,1-2H3/p+1. The highest BCUT2D eigenvalue weighted by Crippen LogP contribution is 2.25. The summed E-state index contributed by atoms with van der Waals surface area (Å²) in [5.74, 6) is -0.223. The van der Waals surface area contributed by atoms with Crippen molar-refractivity contribution in [2.45, 2.75) is 39.8 Å². The van der Waals surface area contributed by atoms with E-state index in [4.69, 9.17) is 4.55 Å². The van der Waals surface area contributed by atoms with Crippen LogP contribution in [0.3, 0.4) is 0 Å². The molecule has 0 atom stereocenters. The fourth-order valence-corrected chi connectivity index (χ4v) is 4.71. The van der Waals surface area contributed by atoms with Gasteiger partial charge in [0.15, 0.2) is 0 Å². The van der Waals surface area contributed by atoms with E-state index in [0.717, 1.165) is 34.5 Å². The normalized spacial score (nSPS) is 11.8. The Balaban J connectivity index is 1.63. The van der Waals surface area contributed by atoms with Crippen LogP contribution in [0.4, 0.5) is 16.5 Å². The first-order valence-corrected chi connectivity index (χ1v) is 13.0. The van der Waals surface area contributed by atoms with E-state index in [-0.39, 0.29) is 5.75 Å². The van der Waals surface area contributed by atoms with E-state index in [2.05, 4.69) is 58.5 Å². The van der Waals surface area contributed by atoms with Gasteiger partial charge in [0.05, 0.1) is 17.4 Å². The minimum Gasteiger partial charge on any atom is -0.367 e. The first-order chi connectivity index (χ1) is 15.3. The van der Waals surface area contributed by atoms with E-state index >= 15 is 0 Å². The van der Waals surface area contributed by atoms with E-state index < -0.39 is 10.1 Å². The monoisotopic (exact) mass is 473 g/mol. The van der Waals surface area contributed by atoms with Gasteiger partial charge in [-0.3, -0.25) is 4.55 Å². The van der Waals surface area contributed by atoms with Gasteiger partial charge in [-0.1, -0.05) is 30.3 Å². The zero-order valence-corrected chi connectivity index (χ0v) is 20.0. The van der Waals surface area contributed by atoms with Gasteiger partial charge in [-0.25, -0.2) is 4.57 Å². The highest BCUT2D eigenvalue weighted by atomic mass is 32.2. The van der Waals surface area contributed by atoms with Gasteiger partial charge in [0.2, 0.25) is 0 Å². The van der Waals surface area contributed by atoms with Crippen molar-refractivity contribution in [3.05, 3.63) is 71.2 Å². The number of nitrogens with zero attached hydrogens (tertiary/aromatic N) is 4. The number of unbranched alkanes of at least 4 members (excludes halogenated alkanes) is 1. The summed E-state index contributed by atoms with van der Waals surface area (Å²) < 4.78 is 32.6. The zero-order valence-electron chi connectivity index (χ0n) is 18.4. The minimum atomic E-state index is -3.91. The molecule has 0 fully saturated rings. The predicted octanol–water partition coefficient (Wildman–Crippen LogP) is 5.45. The summed E-state index contributed by atoms with van der Waals surface area (Å²) in [6.45, 7) is 6.52. The van der Waals surface area contributed by atoms with Crippen molar-refractivity contribution in [3.63, 3.8) is 0 Å². The molecule has 1 aromatic heterocycles. The summed E-state index contributed by atoms with van der Waals surface area (Å²) in [6.07, 6.45) is 3.01. The fraction of sp³-hybridized carbons (Fsp3) is 0.348. The molecule has 1 heterocycles. The molecular weight excluding hydrogens is 444 g/mol. The Morgan fingerprint density at radius 1 is 1.03 bits per heavy atom. The van der Waals surface area contributed by atoms with Crippen LogP contribution in [-0.4, -0.2) is 25.3 Å². The second-order valence-electron chi connectivity index (χ2n) is 7.53. The average molecular weight is 474 g/mol. The highest BCUT2D eigenvalue weighted by molar-refractivity contribution is 7.85. The lowest BCUT2D eigenvalue weighted by molar-refractivity contribution is -0.680. The number of hydrogen-bond donors (Lipinski definition) is 1.